The molecule has 1 fully saturated rings. The minimum absolute atomic E-state index is 0.0165. The van der Waals surface area contributed by atoms with Crippen LogP contribution in [-0.4, -0.2) is 31.6 Å². The van der Waals surface area contributed by atoms with Gasteiger partial charge in [-0.25, -0.2) is 4.79 Å². The number of amides is 3. The molecule has 2 aromatic rings. The maximum absolute atomic E-state index is 12.4. The molecule has 2 atom stereocenters. The zero-order valence-electron chi connectivity index (χ0n) is 14.3. The molecule has 0 radical (unpaired) electrons. The van der Waals surface area contributed by atoms with Crippen LogP contribution in [0.2, 0.25) is 0 Å². The first-order valence-corrected chi connectivity index (χ1v) is 9.08. The summed E-state index contributed by atoms with van der Waals surface area (Å²) < 4.78 is 6.12. The number of carbonyl (C=O) groups is 2. The molecule has 3 rings (SSSR count). The molecule has 26 heavy (non-hydrogen) atoms. The van der Waals surface area contributed by atoms with Gasteiger partial charge in [0.1, 0.15) is 5.75 Å². The highest BCUT2D eigenvalue weighted by atomic mass is 79.9. The molecular weight excluding hydrogens is 398 g/mol. The predicted octanol–water partition coefficient (Wildman–Crippen LogP) is 3.25. The molecule has 0 bridgehead atoms. The number of anilines is 1. The third-order valence-electron chi connectivity index (χ3n) is 4.37. The number of rotatable bonds is 4. The fourth-order valence-electron chi connectivity index (χ4n) is 3.00. The van der Waals surface area contributed by atoms with Crippen molar-refractivity contribution in [3.8, 4) is 5.75 Å². The first kappa shape index (κ1) is 18.3. The summed E-state index contributed by atoms with van der Waals surface area (Å²) in [5.41, 5.74) is 1.70. The number of nitrogens with one attached hydrogen (secondary N) is 3. The lowest BCUT2D eigenvalue weighted by atomic mass is 9.85. The normalized spacial score (nSPS) is 19.4. The van der Waals surface area contributed by atoms with E-state index < -0.39 is 0 Å². The lowest BCUT2D eigenvalue weighted by molar-refractivity contribution is -0.123. The molecule has 1 heterocycles. The maximum atomic E-state index is 12.4. The van der Waals surface area contributed by atoms with Crippen molar-refractivity contribution >= 4 is 33.6 Å². The van der Waals surface area contributed by atoms with Gasteiger partial charge >= 0.3 is 6.03 Å². The number of methoxy groups -OCH3 is 1. The molecule has 0 spiro atoms. The van der Waals surface area contributed by atoms with Crippen LogP contribution in [0.1, 0.15) is 17.9 Å². The van der Waals surface area contributed by atoms with Crippen molar-refractivity contribution in [2.45, 2.75) is 18.4 Å². The van der Waals surface area contributed by atoms with Crippen LogP contribution in [0.4, 0.5) is 10.5 Å². The second-order valence-corrected chi connectivity index (χ2v) is 7.02. The quantitative estimate of drug-likeness (QED) is 0.713. The summed E-state index contributed by atoms with van der Waals surface area (Å²) in [6, 6.07) is 14.4. The lowest BCUT2D eigenvalue weighted by Crippen LogP contribution is -2.52. The van der Waals surface area contributed by atoms with E-state index in [9.17, 15) is 9.59 Å². The Morgan fingerprint density at radius 2 is 1.85 bits per heavy atom. The molecule has 6 nitrogen and oxygen atoms in total. The summed E-state index contributed by atoms with van der Waals surface area (Å²) in [7, 11) is 1.61. The van der Waals surface area contributed by atoms with Crippen LogP contribution >= 0.6 is 15.9 Å². The Kier molecular flexibility index (Phi) is 5.78. The number of halogens is 1. The van der Waals surface area contributed by atoms with Crippen molar-refractivity contribution in [2.75, 3.05) is 19.0 Å². The highest BCUT2D eigenvalue weighted by Crippen LogP contribution is 2.28. The first-order valence-electron chi connectivity index (χ1n) is 8.29. The molecule has 136 valence electrons. The lowest BCUT2D eigenvalue weighted by Gasteiger charge is -2.32. The van der Waals surface area contributed by atoms with E-state index in [1.54, 1.807) is 7.11 Å². The maximum Gasteiger partial charge on any atom is 0.319 e. The van der Waals surface area contributed by atoms with Gasteiger partial charge < -0.3 is 20.7 Å². The molecule has 0 aromatic heterocycles. The summed E-state index contributed by atoms with van der Waals surface area (Å²) in [4.78, 5) is 24.2. The molecule has 0 saturated carbocycles. The fourth-order valence-corrected chi connectivity index (χ4v) is 3.27. The standard InChI is InChI=1S/C19H20BrN3O3/c1-26-15-8-2-12(3-9-15)16-10-18(24)21-11-17(16)23-19(25)22-14-6-4-13(20)5-7-14/h2-9,16-17H,10-11H2,1H3,(H,21,24)(H2,22,23,25)/t16-,17+/m0/s1. The monoisotopic (exact) mass is 417 g/mol. The number of benzene rings is 2. The number of piperidine rings is 1. The minimum Gasteiger partial charge on any atom is -0.497 e. The van der Waals surface area contributed by atoms with E-state index in [1.165, 1.54) is 0 Å². The topological polar surface area (TPSA) is 79.5 Å². The van der Waals surface area contributed by atoms with E-state index in [0.29, 0.717) is 18.7 Å². The van der Waals surface area contributed by atoms with E-state index in [1.807, 2.05) is 48.5 Å². The molecule has 2 aromatic carbocycles. The average Bonchev–Trinajstić information content (AvgIpc) is 2.65. The van der Waals surface area contributed by atoms with Gasteiger partial charge in [-0.2, -0.15) is 0 Å². The van der Waals surface area contributed by atoms with Gasteiger partial charge in [-0.1, -0.05) is 28.1 Å². The van der Waals surface area contributed by atoms with Crippen molar-refractivity contribution in [3.05, 3.63) is 58.6 Å². The molecule has 3 amide bonds. The molecule has 7 heteroatoms. The Labute approximate surface area is 160 Å². The highest BCUT2D eigenvalue weighted by Gasteiger charge is 2.31. The average molecular weight is 418 g/mol. The van der Waals surface area contributed by atoms with E-state index in [0.717, 1.165) is 15.8 Å². The number of hydrogen-bond donors (Lipinski definition) is 3. The summed E-state index contributed by atoms with van der Waals surface area (Å²) >= 11 is 3.36. The van der Waals surface area contributed by atoms with Crippen LogP contribution in [0.3, 0.4) is 0 Å². The van der Waals surface area contributed by atoms with Crippen molar-refractivity contribution in [2.24, 2.45) is 0 Å². The molecule has 1 aliphatic rings. The van der Waals surface area contributed by atoms with Gasteiger partial charge in [0, 0.05) is 29.0 Å². The SMILES string of the molecule is COc1ccc([C@@H]2CC(=O)NC[C@H]2NC(=O)Nc2ccc(Br)cc2)cc1. The van der Waals surface area contributed by atoms with E-state index in [-0.39, 0.29) is 23.9 Å². The number of hydrogen-bond acceptors (Lipinski definition) is 3. The Morgan fingerprint density at radius 3 is 2.50 bits per heavy atom. The zero-order chi connectivity index (χ0) is 18.5. The minimum atomic E-state index is -0.299. The van der Waals surface area contributed by atoms with Gasteiger partial charge in [-0.15, -0.1) is 0 Å². The highest BCUT2D eigenvalue weighted by molar-refractivity contribution is 9.10. The van der Waals surface area contributed by atoms with Crippen LogP contribution < -0.4 is 20.7 Å². The third-order valence-corrected chi connectivity index (χ3v) is 4.90. The van der Waals surface area contributed by atoms with Gasteiger partial charge in [0.15, 0.2) is 0 Å². The van der Waals surface area contributed by atoms with Gasteiger partial charge in [0.05, 0.1) is 13.2 Å². The Bertz CT molecular complexity index is 778. The van der Waals surface area contributed by atoms with Crippen LogP contribution in [0, 0.1) is 0 Å². The van der Waals surface area contributed by atoms with Crippen LogP contribution in [0.25, 0.3) is 0 Å². The number of urea groups is 1. The first-order chi connectivity index (χ1) is 12.5. The molecule has 0 unspecified atom stereocenters. The van der Waals surface area contributed by atoms with Crippen molar-refractivity contribution in [3.63, 3.8) is 0 Å². The summed E-state index contributed by atoms with van der Waals surface area (Å²) in [5, 5.41) is 8.61. The fraction of sp³-hybridized carbons (Fsp3) is 0.263. The van der Waals surface area contributed by atoms with E-state index in [2.05, 4.69) is 31.9 Å². The number of carbonyl (C=O) groups excluding carboxylic acids is 2. The van der Waals surface area contributed by atoms with Gasteiger partial charge in [-0.3, -0.25) is 4.79 Å². The Morgan fingerprint density at radius 1 is 1.15 bits per heavy atom. The van der Waals surface area contributed by atoms with Crippen LogP contribution in [0.5, 0.6) is 5.75 Å². The zero-order valence-corrected chi connectivity index (χ0v) is 15.9. The predicted molar refractivity (Wildman–Crippen MR) is 103 cm³/mol. The Balaban J connectivity index is 1.69. The molecule has 0 aliphatic carbocycles. The second kappa shape index (κ2) is 8.23. The van der Waals surface area contributed by atoms with Crippen molar-refractivity contribution in [1.82, 2.24) is 10.6 Å². The van der Waals surface area contributed by atoms with E-state index in [4.69, 9.17) is 4.74 Å². The molecule has 1 saturated heterocycles. The second-order valence-electron chi connectivity index (χ2n) is 6.10. The van der Waals surface area contributed by atoms with Crippen LogP contribution in [-0.2, 0) is 4.79 Å². The smallest absolute Gasteiger partial charge is 0.319 e. The van der Waals surface area contributed by atoms with E-state index >= 15 is 0 Å². The summed E-state index contributed by atoms with van der Waals surface area (Å²) in [6.45, 7) is 0.392. The number of ether oxygens (including phenoxy) is 1. The molecule has 1 aliphatic heterocycles. The van der Waals surface area contributed by atoms with Crippen molar-refractivity contribution < 1.29 is 14.3 Å². The molecular formula is C19H20BrN3O3. The van der Waals surface area contributed by atoms with Crippen LogP contribution in [0.15, 0.2) is 53.0 Å². The summed E-state index contributed by atoms with van der Waals surface area (Å²) in [5.74, 6) is 0.647. The van der Waals surface area contributed by atoms with Gasteiger partial charge in [0.25, 0.3) is 0 Å². The van der Waals surface area contributed by atoms with Crippen molar-refractivity contribution in [1.29, 1.82) is 0 Å². The molecule has 3 N–H and O–H groups in total. The third kappa shape index (κ3) is 4.54. The van der Waals surface area contributed by atoms with Gasteiger partial charge in [0.2, 0.25) is 5.91 Å². The largest absolute Gasteiger partial charge is 0.497 e. The Hall–Kier alpha value is -2.54. The van der Waals surface area contributed by atoms with Gasteiger partial charge in [-0.05, 0) is 42.0 Å². The summed E-state index contributed by atoms with van der Waals surface area (Å²) in [6.07, 6.45) is 0.329.